The van der Waals surface area contributed by atoms with E-state index in [1.54, 1.807) is 32.6 Å². The van der Waals surface area contributed by atoms with E-state index in [2.05, 4.69) is 97.5 Å². The van der Waals surface area contributed by atoms with E-state index in [4.69, 9.17) is 118 Å². The van der Waals surface area contributed by atoms with Crippen molar-refractivity contribution in [3.8, 4) is 0 Å². The Morgan fingerprint density at radius 2 is 0.672 bits per heavy atom. The average molecular weight is 2030 g/mol. The molecule has 6 amide bonds. The van der Waals surface area contributed by atoms with Gasteiger partial charge in [0.25, 0.3) is 0 Å². The number of ether oxygens (including phenoxy) is 3. The fourth-order valence-electron chi connectivity index (χ4n) is 19.1. The minimum absolute atomic E-state index is 0.0143. The lowest BCUT2D eigenvalue weighted by atomic mass is 9.81. The zero-order valence-corrected chi connectivity index (χ0v) is 88.3. The third kappa shape index (κ3) is 31.3. The summed E-state index contributed by atoms with van der Waals surface area (Å²) in [4.78, 5) is 95.6. The van der Waals surface area contributed by atoms with Crippen molar-refractivity contribution in [1.82, 2.24) is 30.2 Å². The number of carbonyl (C=O) groups is 6. The smallest absolute Gasteiger partial charge is 0.408 e. The second kappa shape index (κ2) is 49.3. The van der Waals surface area contributed by atoms with E-state index >= 15 is 0 Å². The Bertz CT molecular complexity index is 5350. The van der Waals surface area contributed by atoms with Crippen LogP contribution in [-0.4, -0.2) is 182 Å². The van der Waals surface area contributed by atoms with E-state index < -0.39 is 41.1 Å². The van der Waals surface area contributed by atoms with Crippen LogP contribution in [0.3, 0.4) is 0 Å². The number of hydrogen-bond donors (Lipinski definition) is 4. The van der Waals surface area contributed by atoms with Crippen molar-refractivity contribution in [2.75, 3.05) is 111 Å². The van der Waals surface area contributed by atoms with Crippen LogP contribution in [0, 0.1) is 57.3 Å². The Labute approximate surface area is 852 Å². The van der Waals surface area contributed by atoms with Crippen molar-refractivity contribution in [2.24, 2.45) is 41.1 Å². The summed E-state index contributed by atoms with van der Waals surface area (Å²) in [5, 5.41) is 11.3. The lowest BCUT2D eigenvalue weighted by molar-refractivity contribution is -0.142. The van der Waals surface area contributed by atoms with Crippen LogP contribution < -0.4 is 41.7 Å². The van der Waals surface area contributed by atoms with Gasteiger partial charge in [-0.3, -0.25) is 19.2 Å². The van der Waals surface area contributed by atoms with Gasteiger partial charge in [0.15, 0.2) is 0 Å². The maximum Gasteiger partial charge on any atom is 0.408 e. The molecule has 8 aromatic rings. The van der Waals surface area contributed by atoms with Gasteiger partial charge in [0.1, 0.15) is 17.2 Å². The quantitative estimate of drug-likeness (QED) is 0.0556. The highest BCUT2D eigenvalue weighted by atomic mass is 35.5. The molecule has 4 aliphatic heterocycles. The number of halogens is 8. The molecule has 2 saturated carbocycles. The number of benzene rings is 8. The summed E-state index contributed by atoms with van der Waals surface area (Å²) >= 11 is 51.2. The van der Waals surface area contributed by atoms with Gasteiger partial charge >= 0.3 is 12.2 Å². The van der Waals surface area contributed by atoms with Gasteiger partial charge in [-0.1, -0.05) is 179 Å². The number of rotatable bonds is 20. The number of carbonyl (C=O) groups excluding carboxylic acids is 6. The maximum atomic E-state index is 14.0. The third-order valence-corrected chi connectivity index (χ3v) is 28.3. The molecule has 7 atom stereocenters. The zero-order chi connectivity index (χ0) is 99.7. The number of alkyl carbamates (subject to hydrolysis) is 2. The number of hydrogen-bond acceptors (Lipinski definition) is 15. The van der Waals surface area contributed by atoms with Gasteiger partial charge in [0, 0.05) is 117 Å². The number of aryl methyl sites for hydroxylation is 4. The Hall–Kier alpha value is -8.42. The first-order valence-electron chi connectivity index (χ1n) is 48.1. The molecule has 0 radical (unpaired) electrons. The first-order valence-corrected chi connectivity index (χ1v) is 51.2. The molecule has 4 saturated heterocycles. The van der Waals surface area contributed by atoms with Gasteiger partial charge in [0.05, 0.1) is 84.8 Å². The molecular formula is C108H140Cl8N12O9. The second-order valence-electron chi connectivity index (χ2n) is 40.8. The number of piperazine rings is 4. The lowest BCUT2D eigenvalue weighted by Gasteiger charge is -2.45. The predicted molar refractivity (Wildman–Crippen MR) is 562 cm³/mol. The molecule has 8 aromatic carbocycles. The highest BCUT2D eigenvalue weighted by molar-refractivity contribution is 6.35. The molecule has 6 aliphatic rings. The summed E-state index contributed by atoms with van der Waals surface area (Å²) in [5.41, 5.74) is 23.0. The van der Waals surface area contributed by atoms with E-state index in [-0.39, 0.29) is 59.8 Å². The Morgan fingerprint density at radius 3 is 0.964 bits per heavy atom. The largest absolute Gasteiger partial charge is 0.444 e. The maximum absolute atomic E-state index is 14.0. The van der Waals surface area contributed by atoms with Gasteiger partial charge in [-0.2, -0.15) is 0 Å². The summed E-state index contributed by atoms with van der Waals surface area (Å²) in [5.74, 6) is 1.80. The standard InChI is InChI=1S/C30H41Cl2N3O4.C30H39Cl2N3O3.C25H31Cl2N3O.C23H29Cl2N3O/c1-19-9-14-24(23(32)17-19)35-16-15-34(18-25(35)21-10-12-22(31)13-11-21)27(36)26(20(2)38-29(3,4)5)33-28(37)39-30(6,7)8;1-20-5-14-26(25(32)17-20)35-16-15-34(19-27(35)22-10-12-24(31)13-11-22)28(36)23-8-6-21(7-9-23)18-33-29(37)38-30(2,3)4;1-17-2-11-23(22(27)14-17)30-13-12-29(16-24(30)19-7-9-21(26)10-8-19)25(31)20-5-3-18(15-28)4-6-20;1-15(2)12-20(26)23(29)27-10-11-28(21-9-4-16(3)13-19(21)25)22(14-27)17-5-7-18(24)8-6-17/h9-14,17,20,25-26H,15-16,18H2,1-8H3,(H,33,37);5,10-14,17,21,23,27H,6-9,15-16,18-19H2,1-4H3,(H,33,37);2,7-11,14,18,20,24H,3-6,12-13,15-16,28H2,1H3;4-9,13,15,20,22H,10-12,14,26H2,1-3H3/t20-,25+,26+;21?,23?,27-;18?,20?,24-;20-,22+/m1001/s1. The van der Waals surface area contributed by atoms with E-state index in [9.17, 15) is 28.8 Å². The highest BCUT2D eigenvalue weighted by Gasteiger charge is 2.43. The SMILES string of the molecule is Cc1ccc(N2CCN(C(=O)C3CCC(CN)CC3)C[C@H]2c2ccc(Cl)cc2)c(Cl)c1.Cc1ccc(N2CCN(C(=O)C3CCC(CNC(=O)OC(C)(C)C)CC3)C[C@H]2c2ccc(Cl)cc2)c(Cl)c1.Cc1ccc(N2CCN(C(=O)[C@@H](NC(=O)OC(C)(C)C)[C@@H](C)OC(C)(C)C)C[C@H]2c2ccc(Cl)cc2)c(Cl)c1.Cc1ccc(N2CCN(C(=O)[C@H](N)CC(C)C)C[C@H]2c2ccc(Cl)cc2)c(Cl)c1. The predicted octanol–water partition coefficient (Wildman–Crippen LogP) is 24.3. The highest BCUT2D eigenvalue weighted by Crippen LogP contribution is 2.44. The number of amides is 6. The minimum atomic E-state index is -0.931. The molecule has 0 aromatic heterocycles. The van der Waals surface area contributed by atoms with E-state index in [0.29, 0.717) is 134 Å². The molecule has 14 rings (SSSR count). The van der Waals surface area contributed by atoms with Crippen molar-refractivity contribution < 1.29 is 43.0 Å². The van der Waals surface area contributed by atoms with E-state index in [0.717, 1.165) is 147 Å². The average Bonchev–Trinajstić information content (AvgIpc) is 0.793. The number of nitrogens with one attached hydrogen (secondary N) is 2. The number of nitrogens with two attached hydrogens (primary N) is 2. The van der Waals surface area contributed by atoms with E-state index in [1.807, 2.05) is 200 Å². The Balaban J connectivity index is 0.000000176. The minimum Gasteiger partial charge on any atom is -0.444 e. The first-order chi connectivity index (χ1) is 64.7. The fourth-order valence-corrected chi connectivity index (χ4v) is 21.0. The molecule has 4 heterocycles. The molecule has 21 nitrogen and oxygen atoms in total. The van der Waals surface area contributed by atoms with Crippen LogP contribution >= 0.6 is 92.8 Å². The van der Waals surface area contributed by atoms with Crippen molar-refractivity contribution in [3.05, 3.63) is 255 Å². The van der Waals surface area contributed by atoms with Gasteiger partial charge < -0.3 is 75.5 Å². The monoisotopic (exact) mass is 2030 g/mol. The zero-order valence-electron chi connectivity index (χ0n) is 82.3. The molecular weight excluding hydrogens is 1890 g/mol. The first kappa shape index (κ1) is 109. The van der Waals surface area contributed by atoms with Crippen LogP contribution in [0.15, 0.2) is 170 Å². The number of anilines is 4. The molecule has 0 spiro atoms. The van der Waals surface area contributed by atoms with Crippen molar-refractivity contribution >= 4 is 151 Å². The van der Waals surface area contributed by atoms with Crippen LogP contribution in [0.1, 0.15) is 210 Å². The van der Waals surface area contributed by atoms with Crippen LogP contribution in [0.2, 0.25) is 40.2 Å². The third-order valence-electron chi connectivity index (χ3n) is 26.1. The van der Waals surface area contributed by atoms with Gasteiger partial charge in [-0.25, -0.2) is 9.59 Å². The Kier molecular flexibility index (Phi) is 39.2. The molecule has 0 bridgehead atoms. The molecule has 0 unspecified atom stereocenters. The number of nitrogens with zero attached hydrogens (tertiary/aromatic N) is 8. The summed E-state index contributed by atoms with van der Waals surface area (Å²) in [6.07, 6.45) is 6.62. The molecule has 6 fully saturated rings. The van der Waals surface area contributed by atoms with Crippen molar-refractivity contribution in [1.29, 1.82) is 0 Å². The molecule has 742 valence electrons. The molecule has 6 N–H and O–H groups in total. The van der Waals surface area contributed by atoms with Crippen molar-refractivity contribution in [2.45, 2.75) is 228 Å². The normalized spacial score (nSPS) is 20.6. The topological polar surface area (TPSA) is 232 Å². The Morgan fingerprint density at radius 1 is 0.380 bits per heavy atom. The summed E-state index contributed by atoms with van der Waals surface area (Å²) in [7, 11) is 0. The molecule has 2 aliphatic carbocycles. The van der Waals surface area contributed by atoms with Gasteiger partial charge in [-0.15, -0.1) is 0 Å². The van der Waals surface area contributed by atoms with Crippen LogP contribution in [0.25, 0.3) is 0 Å². The summed E-state index contributed by atoms with van der Waals surface area (Å²) in [6.45, 7) is 39.4. The molecule has 137 heavy (non-hydrogen) atoms. The van der Waals surface area contributed by atoms with E-state index in [1.165, 1.54) is 0 Å². The van der Waals surface area contributed by atoms with Gasteiger partial charge in [0.2, 0.25) is 23.6 Å². The molecule has 29 heteroatoms. The van der Waals surface area contributed by atoms with Crippen molar-refractivity contribution in [3.63, 3.8) is 0 Å². The van der Waals surface area contributed by atoms with Crippen LogP contribution in [-0.2, 0) is 33.4 Å². The van der Waals surface area contributed by atoms with Crippen LogP contribution in [0.5, 0.6) is 0 Å². The summed E-state index contributed by atoms with van der Waals surface area (Å²) in [6, 6.07) is 54.1. The summed E-state index contributed by atoms with van der Waals surface area (Å²) < 4.78 is 16.9. The van der Waals surface area contributed by atoms with Gasteiger partial charge in [-0.05, 0) is 321 Å². The lowest BCUT2D eigenvalue weighted by Crippen LogP contribution is -2.60. The van der Waals surface area contributed by atoms with Crippen LogP contribution in [0.4, 0.5) is 32.3 Å². The fraction of sp³-hybridized carbons (Fsp3) is 0.500. The second-order valence-corrected chi connectivity index (χ2v) is 44.2.